The first-order chi connectivity index (χ1) is 12.0. The van der Waals surface area contributed by atoms with Crippen molar-refractivity contribution < 1.29 is 18.3 Å². The second-order valence-corrected chi connectivity index (χ2v) is 6.71. The number of aromatic nitrogens is 2. The average molecular weight is 347 g/mol. The molecule has 1 aliphatic carbocycles. The Labute approximate surface area is 144 Å². The molecule has 0 atom stereocenters. The van der Waals surface area contributed by atoms with Crippen LogP contribution in [0.15, 0.2) is 18.2 Å². The molecule has 1 saturated heterocycles. The van der Waals surface area contributed by atoms with Gasteiger partial charge in [0.05, 0.1) is 24.8 Å². The highest BCUT2D eigenvalue weighted by Crippen LogP contribution is 2.44. The minimum Gasteiger partial charge on any atom is -0.380 e. The molecule has 5 nitrogen and oxygen atoms in total. The molecule has 1 aromatic heterocycles. The summed E-state index contributed by atoms with van der Waals surface area (Å²) in [5, 5.41) is 7.35. The van der Waals surface area contributed by atoms with Gasteiger partial charge in [-0.15, -0.1) is 0 Å². The van der Waals surface area contributed by atoms with Crippen molar-refractivity contribution in [3.05, 3.63) is 35.4 Å². The molecule has 1 amide bonds. The van der Waals surface area contributed by atoms with Crippen molar-refractivity contribution >= 4 is 11.7 Å². The molecular weight excluding hydrogens is 328 g/mol. The van der Waals surface area contributed by atoms with Crippen molar-refractivity contribution in [1.82, 2.24) is 9.78 Å². The number of anilines is 1. The van der Waals surface area contributed by atoms with Crippen LogP contribution >= 0.6 is 0 Å². The highest BCUT2D eigenvalue weighted by molar-refractivity contribution is 5.94. The first-order valence-corrected chi connectivity index (χ1v) is 8.45. The molecule has 2 aromatic rings. The molecule has 1 aromatic carbocycles. The Hall–Kier alpha value is -2.28. The van der Waals surface area contributed by atoms with Crippen molar-refractivity contribution in [1.29, 1.82) is 0 Å². The number of nitrogens with zero attached hydrogens (tertiary/aromatic N) is 2. The van der Waals surface area contributed by atoms with E-state index in [9.17, 15) is 13.6 Å². The van der Waals surface area contributed by atoms with Crippen LogP contribution in [-0.4, -0.2) is 28.9 Å². The molecule has 0 radical (unpaired) electrons. The van der Waals surface area contributed by atoms with Crippen molar-refractivity contribution in [3.63, 3.8) is 0 Å². The molecule has 1 saturated carbocycles. The van der Waals surface area contributed by atoms with Gasteiger partial charge in [0.1, 0.15) is 0 Å². The van der Waals surface area contributed by atoms with E-state index in [0.29, 0.717) is 24.6 Å². The fraction of sp³-hybridized carbons (Fsp3) is 0.444. The number of hydrogen-bond donors (Lipinski definition) is 1. The molecule has 132 valence electrons. The standard InChI is InChI=1S/C18H19F2N3O2/c1-23-16(11-5-6-13(19)14(20)7-11)15(10-3-2-4-10)17(22-23)21-18(24)12-8-25-9-12/h5-7,10,12H,2-4,8-9H2,1H3,(H,21,22,24). The predicted molar refractivity (Wildman–Crippen MR) is 88.1 cm³/mol. The van der Waals surface area contributed by atoms with E-state index in [1.54, 1.807) is 17.8 Å². The van der Waals surface area contributed by atoms with Gasteiger partial charge >= 0.3 is 0 Å². The van der Waals surface area contributed by atoms with E-state index in [0.717, 1.165) is 36.6 Å². The van der Waals surface area contributed by atoms with Gasteiger partial charge in [-0.2, -0.15) is 5.10 Å². The number of nitrogens with one attached hydrogen (secondary N) is 1. The second kappa shape index (κ2) is 6.22. The highest BCUT2D eigenvalue weighted by atomic mass is 19.2. The molecule has 7 heteroatoms. The van der Waals surface area contributed by atoms with Gasteiger partial charge in [-0.3, -0.25) is 9.48 Å². The van der Waals surface area contributed by atoms with Gasteiger partial charge in [0, 0.05) is 18.2 Å². The van der Waals surface area contributed by atoms with E-state index in [1.807, 2.05) is 0 Å². The normalized spacial score (nSPS) is 17.9. The SMILES string of the molecule is Cn1nc(NC(=O)C2COC2)c(C2CCC2)c1-c1ccc(F)c(F)c1. The van der Waals surface area contributed by atoms with Crippen molar-refractivity contribution in [2.75, 3.05) is 18.5 Å². The lowest BCUT2D eigenvalue weighted by molar-refractivity contribution is -0.133. The van der Waals surface area contributed by atoms with Crippen LogP contribution < -0.4 is 5.32 Å². The molecule has 0 spiro atoms. The van der Waals surface area contributed by atoms with Gasteiger partial charge in [-0.05, 0) is 37.0 Å². The maximum atomic E-state index is 13.7. The fourth-order valence-corrected chi connectivity index (χ4v) is 3.31. The zero-order valence-electron chi connectivity index (χ0n) is 13.9. The Bertz CT molecular complexity index is 826. The molecule has 25 heavy (non-hydrogen) atoms. The van der Waals surface area contributed by atoms with Crippen molar-refractivity contribution in [3.8, 4) is 11.3 Å². The molecular formula is C18H19F2N3O2. The van der Waals surface area contributed by atoms with Gasteiger partial charge in [0.25, 0.3) is 0 Å². The van der Waals surface area contributed by atoms with Crippen LogP contribution in [0.4, 0.5) is 14.6 Å². The molecule has 0 bridgehead atoms. The summed E-state index contributed by atoms with van der Waals surface area (Å²) in [4.78, 5) is 12.3. The number of ether oxygens (including phenoxy) is 1. The number of benzene rings is 1. The second-order valence-electron chi connectivity index (χ2n) is 6.71. The van der Waals surface area contributed by atoms with E-state index < -0.39 is 11.6 Å². The van der Waals surface area contributed by atoms with Gasteiger partial charge < -0.3 is 10.1 Å². The summed E-state index contributed by atoms with van der Waals surface area (Å²) in [6, 6.07) is 3.84. The third kappa shape index (κ3) is 2.82. The predicted octanol–water partition coefficient (Wildman–Crippen LogP) is 3.22. The summed E-state index contributed by atoms with van der Waals surface area (Å²) >= 11 is 0. The summed E-state index contributed by atoms with van der Waals surface area (Å²) in [6.45, 7) is 0.848. The maximum Gasteiger partial charge on any atom is 0.233 e. The van der Waals surface area contributed by atoms with Crippen LogP contribution in [0.2, 0.25) is 0 Å². The van der Waals surface area contributed by atoms with Gasteiger partial charge in [-0.1, -0.05) is 6.42 Å². The quantitative estimate of drug-likeness (QED) is 0.924. The largest absolute Gasteiger partial charge is 0.380 e. The zero-order chi connectivity index (χ0) is 17.6. The Morgan fingerprint density at radius 2 is 2.04 bits per heavy atom. The number of carbonyl (C=O) groups excluding carboxylic acids is 1. The van der Waals surface area contributed by atoms with Crippen LogP contribution in [-0.2, 0) is 16.6 Å². The van der Waals surface area contributed by atoms with E-state index >= 15 is 0 Å². The molecule has 2 aliphatic rings. The number of aryl methyl sites for hydroxylation is 1. The molecule has 1 aliphatic heterocycles. The first kappa shape index (κ1) is 16.2. The van der Waals surface area contributed by atoms with E-state index in [2.05, 4.69) is 10.4 Å². The van der Waals surface area contributed by atoms with Crippen LogP contribution in [0.25, 0.3) is 11.3 Å². The van der Waals surface area contributed by atoms with Gasteiger partial charge in [0.2, 0.25) is 5.91 Å². The Morgan fingerprint density at radius 1 is 1.28 bits per heavy atom. The number of carbonyl (C=O) groups is 1. The highest BCUT2D eigenvalue weighted by Gasteiger charge is 2.33. The van der Waals surface area contributed by atoms with Crippen molar-refractivity contribution in [2.45, 2.75) is 25.2 Å². The van der Waals surface area contributed by atoms with E-state index in [-0.39, 0.29) is 17.7 Å². The fourth-order valence-electron chi connectivity index (χ4n) is 3.31. The van der Waals surface area contributed by atoms with Crippen molar-refractivity contribution in [2.24, 2.45) is 13.0 Å². The van der Waals surface area contributed by atoms with Gasteiger partial charge in [0.15, 0.2) is 17.5 Å². The maximum absolute atomic E-state index is 13.7. The lowest BCUT2D eigenvalue weighted by Crippen LogP contribution is -2.38. The minimum absolute atomic E-state index is 0.109. The summed E-state index contributed by atoms with van der Waals surface area (Å²) in [5.74, 6) is -1.25. The number of halogens is 2. The molecule has 0 unspecified atom stereocenters. The third-order valence-corrected chi connectivity index (χ3v) is 5.04. The molecule has 4 rings (SSSR count). The lowest BCUT2D eigenvalue weighted by Gasteiger charge is -2.28. The summed E-state index contributed by atoms with van der Waals surface area (Å²) in [5.41, 5.74) is 2.19. The summed E-state index contributed by atoms with van der Waals surface area (Å²) in [7, 11) is 1.75. The summed E-state index contributed by atoms with van der Waals surface area (Å²) < 4.78 is 33.7. The Morgan fingerprint density at radius 3 is 2.60 bits per heavy atom. The topological polar surface area (TPSA) is 56.2 Å². The Balaban J connectivity index is 1.74. The van der Waals surface area contributed by atoms with Crippen LogP contribution in [0, 0.1) is 17.6 Å². The third-order valence-electron chi connectivity index (χ3n) is 5.04. The average Bonchev–Trinajstić information content (AvgIpc) is 2.75. The number of amides is 1. The zero-order valence-corrected chi connectivity index (χ0v) is 13.9. The number of hydrogen-bond acceptors (Lipinski definition) is 3. The summed E-state index contributed by atoms with van der Waals surface area (Å²) in [6.07, 6.45) is 3.11. The minimum atomic E-state index is -0.893. The molecule has 2 heterocycles. The van der Waals surface area contributed by atoms with Crippen LogP contribution in [0.1, 0.15) is 30.7 Å². The number of rotatable bonds is 4. The lowest BCUT2D eigenvalue weighted by atomic mass is 9.79. The smallest absolute Gasteiger partial charge is 0.233 e. The molecule has 1 N–H and O–H groups in total. The first-order valence-electron chi connectivity index (χ1n) is 8.45. The van der Waals surface area contributed by atoms with E-state index in [1.165, 1.54) is 6.07 Å². The molecule has 2 fully saturated rings. The van der Waals surface area contributed by atoms with Gasteiger partial charge in [-0.25, -0.2) is 8.78 Å². The van der Waals surface area contributed by atoms with Crippen LogP contribution in [0.5, 0.6) is 0 Å². The monoisotopic (exact) mass is 347 g/mol. The Kier molecular flexibility index (Phi) is 4.03. The van der Waals surface area contributed by atoms with E-state index in [4.69, 9.17) is 4.74 Å². The van der Waals surface area contributed by atoms with Crippen LogP contribution in [0.3, 0.4) is 0 Å².